The number of rotatable bonds is 10. The molecule has 0 spiro atoms. The highest BCUT2D eigenvalue weighted by Gasteiger charge is 2.35. The van der Waals surface area contributed by atoms with Gasteiger partial charge < -0.3 is 16.0 Å². The molecule has 0 aliphatic heterocycles. The number of hydrogen-bond donors (Lipinski definition) is 4. The third kappa shape index (κ3) is 6.97. The molecular weight excluding hydrogens is 469 g/mol. The van der Waals surface area contributed by atoms with Gasteiger partial charge in [0, 0.05) is 38.6 Å². The first kappa shape index (κ1) is 25.6. The maximum atomic E-state index is 13.6. The molecule has 0 amide bonds. The zero-order chi connectivity index (χ0) is 24.7. The van der Waals surface area contributed by atoms with Crippen LogP contribution in [0.25, 0.3) is 0 Å². The van der Waals surface area contributed by atoms with Gasteiger partial charge in [-0.1, -0.05) is 36.4 Å². The summed E-state index contributed by atoms with van der Waals surface area (Å²) < 4.78 is 62.4. The normalized spacial score (nSPS) is 12.6. The van der Waals surface area contributed by atoms with E-state index in [-0.39, 0.29) is 24.9 Å². The summed E-state index contributed by atoms with van der Waals surface area (Å²) in [6.45, 7) is 0.865. The molecule has 0 bridgehead atoms. The molecule has 34 heavy (non-hydrogen) atoms. The fourth-order valence-electron chi connectivity index (χ4n) is 3.18. The van der Waals surface area contributed by atoms with E-state index in [9.17, 15) is 21.9 Å². The van der Waals surface area contributed by atoms with E-state index in [4.69, 9.17) is 0 Å². The second-order valence-corrected chi connectivity index (χ2v) is 8.53. The Balaban J connectivity index is 1.82. The van der Waals surface area contributed by atoms with Gasteiger partial charge in [-0.25, -0.2) is 9.19 Å². The molecule has 3 rings (SSSR count). The van der Waals surface area contributed by atoms with Gasteiger partial charge in [0.25, 0.3) is 0 Å². The van der Waals surface area contributed by atoms with E-state index < -0.39 is 23.0 Å². The lowest BCUT2D eigenvalue weighted by Crippen LogP contribution is -2.21. The van der Waals surface area contributed by atoms with Crippen molar-refractivity contribution in [2.75, 3.05) is 24.7 Å². The minimum Gasteiger partial charge on any atom is -0.365 e. The fraction of sp³-hybridized carbons (Fsp3) is 0.273. The van der Waals surface area contributed by atoms with Gasteiger partial charge in [-0.3, -0.25) is 4.55 Å². The van der Waals surface area contributed by atoms with Crippen molar-refractivity contribution in [3.8, 4) is 0 Å². The minimum absolute atomic E-state index is 0.0144. The average Bonchev–Trinajstić information content (AvgIpc) is 2.79. The molecular formula is C22H25F3N6O2S. The molecule has 8 nitrogen and oxygen atoms in total. The van der Waals surface area contributed by atoms with Crippen LogP contribution in [0.5, 0.6) is 0 Å². The van der Waals surface area contributed by atoms with Crippen molar-refractivity contribution in [3.63, 3.8) is 0 Å². The number of nitrogens with zero attached hydrogens (tertiary/aromatic N) is 3. The monoisotopic (exact) mass is 494 g/mol. The summed E-state index contributed by atoms with van der Waals surface area (Å²) in [5.74, 6) is -0.355. The number of aromatic nitrogens is 2. The molecule has 4 N–H and O–H groups in total. The van der Waals surface area contributed by atoms with E-state index in [1.165, 1.54) is 11.4 Å². The zero-order valence-electron chi connectivity index (χ0n) is 18.6. The van der Waals surface area contributed by atoms with Crippen molar-refractivity contribution in [1.29, 1.82) is 0 Å². The smallest absolute Gasteiger partial charge is 0.365 e. The van der Waals surface area contributed by atoms with Gasteiger partial charge in [-0.2, -0.15) is 22.5 Å². The highest BCUT2D eigenvalue weighted by molar-refractivity contribution is 7.76. The van der Waals surface area contributed by atoms with Crippen LogP contribution in [0.15, 0.2) is 54.7 Å². The van der Waals surface area contributed by atoms with E-state index in [1.54, 1.807) is 36.4 Å². The lowest BCUT2D eigenvalue weighted by Gasteiger charge is -2.17. The van der Waals surface area contributed by atoms with Crippen molar-refractivity contribution in [2.45, 2.75) is 25.8 Å². The van der Waals surface area contributed by atoms with Gasteiger partial charge in [0.1, 0.15) is 11.4 Å². The SMILES string of the molecule is CNCc1ccc(Nc2ncc(C(F)(F)F)c(NCc3ccccc3CN(C)S(=O)O)n2)cc1. The molecule has 0 radical (unpaired) electrons. The molecule has 182 valence electrons. The summed E-state index contributed by atoms with van der Waals surface area (Å²) in [5.41, 5.74) is 2.06. The van der Waals surface area contributed by atoms with Crippen LogP contribution in [0.1, 0.15) is 22.3 Å². The van der Waals surface area contributed by atoms with E-state index in [0.29, 0.717) is 23.4 Å². The Morgan fingerprint density at radius 3 is 2.35 bits per heavy atom. The van der Waals surface area contributed by atoms with Crippen LogP contribution < -0.4 is 16.0 Å². The van der Waals surface area contributed by atoms with E-state index in [0.717, 1.165) is 11.8 Å². The van der Waals surface area contributed by atoms with Crippen molar-refractivity contribution in [3.05, 3.63) is 77.0 Å². The highest BCUT2D eigenvalue weighted by Crippen LogP contribution is 2.34. The van der Waals surface area contributed by atoms with Crippen LogP contribution in [0.2, 0.25) is 0 Å². The van der Waals surface area contributed by atoms with Crippen LogP contribution in [-0.4, -0.2) is 37.1 Å². The Hall–Kier alpha value is -3.06. The number of benzene rings is 2. The van der Waals surface area contributed by atoms with Gasteiger partial charge >= 0.3 is 6.18 Å². The lowest BCUT2D eigenvalue weighted by atomic mass is 10.1. The van der Waals surface area contributed by atoms with Crippen molar-refractivity contribution >= 4 is 28.7 Å². The van der Waals surface area contributed by atoms with Gasteiger partial charge in [0.2, 0.25) is 17.2 Å². The summed E-state index contributed by atoms with van der Waals surface area (Å²) >= 11 is -2.17. The second kappa shape index (κ2) is 11.4. The Morgan fingerprint density at radius 2 is 1.74 bits per heavy atom. The van der Waals surface area contributed by atoms with E-state index in [1.807, 2.05) is 19.2 Å². The highest BCUT2D eigenvalue weighted by atomic mass is 32.2. The molecule has 1 aromatic heterocycles. The molecule has 2 aromatic carbocycles. The largest absolute Gasteiger partial charge is 0.421 e. The molecule has 0 saturated heterocycles. The molecule has 0 saturated carbocycles. The van der Waals surface area contributed by atoms with Crippen molar-refractivity contribution in [2.24, 2.45) is 0 Å². The van der Waals surface area contributed by atoms with Crippen LogP contribution in [0, 0.1) is 0 Å². The maximum Gasteiger partial charge on any atom is 0.421 e. The van der Waals surface area contributed by atoms with E-state index in [2.05, 4.69) is 25.9 Å². The molecule has 1 unspecified atom stereocenters. The molecule has 0 aliphatic rings. The molecule has 1 heterocycles. The van der Waals surface area contributed by atoms with Gasteiger partial charge in [-0.15, -0.1) is 0 Å². The standard InChI is InChI=1S/C22H25F3N6O2S/c1-26-11-15-7-9-18(10-8-15)29-21-28-13-19(22(23,24)25)20(30-21)27-12-16-5-3-4-6-17(16)14-31(2)34(32)33/h3-10,13,26H,11-12,14H2,1-2H3,(H,32,33)(H2,27,28,29,30). The van der Waals surface area contributed by atoms with Crippen molar-refractivity contribution < 1.29 is 21.9 Å². The second-order valence-electron chi connectivity index (χ2n) is 7.44. The first-order valence-corrected chi connectivity index (χ1v) is 11.3. The predicted molar refractivity (Wildman–Crippen MR) is 126 cm³/mol. The van der Waals surface area contributed by atoms with Crippen LogP contribution in [0.3, 0.4) is 0 Å². The fourth-order valence-corrected chi connectivity index (χ4v) is 3.43. The number of halogens is 3. The number of nitrogens with one attached hydrogen (secondary N) is 3. The first-order valence-electron chi connectivity index (χ1n) is 10.2. The number of anilines is 3. The third-order valence-corrected chi connectivity index (χ3v) is 5.57. The summed E-state index contributed by atoms with van der Waals surface area (Å²) in [6.07, 6.45) is -3.91. The lowest BCUT2D eigenvalue weighted by molar-refractivity contribution is -0.137. The molecule has 0 aliphatic carbocycles. The third-order valence-electron chi connectivity index (χ3n) is 4.91. The minimum atomic E-state index is -4.65. The zero-order valence-corrected chi connectivity index (χ0v) is 19.4. The molecule has 0 fully saturated rings. The number of alkyl halides is 3. The molecule has 12 heteroatoms. The van der Waals surface area contributed by atoms with E-state index >= 15 is 0 Å². The quantitative estimate of drug-likeness (QED) is 0.314. The number of hydrogen-bond acceptors (Lipinski definition) is 6. The Morgan fingerprint density at radius 1 is 1.06 bits per heavy atom. The summed E-state index contributed by atoms with van der Waals surface area (Å²) in [6, 6.07) is 14.3. The molecule has 3 aromatic rings. The van der Waals surface area contributed by atoms with Crippen LogP contribution in [-0.2, 0) is 37.1 Å². The Labute approximate surface area is 198 Å². The summed E-state index contributed by atoms with van der Waals surface area (Å²) in [5, 5.41) is 8.72. The van der Waals surface area contributed by atoms with Gasteiger partial charge in [0.15, 0.2) is 0 Å². The van der Waals surface area contributed by atoms with Gasteiger partial charge in [-0.05, 0) is 35.9 Å². The van der Waals surface area contributed by atoms with Crippen LogP contribution >= 0.6 is 0 Å². The predicted octanol–water partition coefficient (Wildman–Crippen LogP) is 4.14. The van der Waals surface area contributed by atoms with Crippen molar-refractivity contribution in [1.82, 2.24) is 19.6 Å². The first-order chi connectivity index (χ1) is 16.2. The maximum absolute atomic E-state index is 13.6. The van der Waals surface area contributed by atoms with Gasteiger partial charge in [0.05, 0.1) is 0 Å². The Kier molecular flexibility index (Phi) is 8.56. The Bertz CT molecular complexity index is 1130. The summed E-state index contributed by atoms with van der Waals surface area (Å²) in [4.78, 5) is 7.89. The topological polar surface area (TPSA) is 102 Å². The average molecular weight is 495 g/mol. The van der Waals surface area contributed by atoms with Crippen LogP contribution in [0.4, 0.5) is 30.6 Å². The summed E-state index contributed by atoms with van der Waals surface area (Å²) in [7, 11) is 3.30. The molecule has 1 atom stereocenters.